The second-order valence-corrected chi connectivity index (χ2v) is 6.91. The van der Waals surface area contributed by atoms with Gasteiger partial charge in [0.2, 0.25) is 0 Å². The Morgan fingerprint density at radius 1 is 1.33 bits per heavy atom. The third-order valence-corrected chi connectivity index (χ3v) is 4.42. The predicted molar refractivity (Wildman–Crippen MR) is 90.8 cm³/mol. The number of rotatable bonds is 4. The van der Waals surface area contributed by atoms with Gasteiger partial charge in [0.1, 0.15) is 0 Å². The maximum absolute atomic E-state index is 4.44. The average Bonchev–Trinajstić information content (AvgIpc) is 2.84. The van der Waals surface area contributed by atoms with E-state index in [2.05, 4.69) is 66.3 Å². The van der Waals surface area contributed by atoms with Crippen molar-refractivity contribution in [3.63, 3.8) is 0 Å². The number of hydrogen-bond acceptors (Lipinski definition) is 1. The van der Waals surface area contributed by atoms with Gasteiger partial charge in [-0.3, -0.25) is 4.99 Å². The molecule has 21 heavy (non-hydrogen) atoms. The molecule has 1 aliphatic heterocycles. The zero-order chi connectivity index (χ0) is 15.3. The van der Waals surface area contributed by atoms with Gasteiger partial charge in [-0.05, 0) is 29.7 Å². The number of benzene rings is 1. The molecule has 1 fully saturated rings. The molecule has 0 aromatic heterocycles. The van der Waals surface area contributed by atoms with Crippen molar-refractivity contribution in [1.29, 1.82) is 0 Å². The van der Waals surface area contributed by atoms with Crippen LogP contribution in [-0.2, 0) is 0 Å². The zero-order valence-electron chi connectivity index (χ0n) is 13.9. The highest BCUT2D eigenvalue weighted by atomic mass is 15.3. The Hall–Kier alpha value is -1.51. The van der Waals surface area contributed by atoms with E-state index in [0.29, 0.717) is 11.3 Å². The molecule has 3 heteroatoms. The molecule has 1 aromatic rings. The van der Waals surface area contributed by atoms with E-state index in [1.807, 2.05) is 7.05 Å². The molecular formula is C18H29N3. The van der Waals surface area contributed by atoms with Crippen LogP contribution in [0.25, 0.3) is 0 Å². The summed E-state index contributed by atoms with van der Waals surface area (Å²) >= 11 is 0. The molecule has 0 spiro atoms. The van der Waals surface area contributed by atoms with Crippen LogP contribution in [0.4, 0.5) is 0 Å². The Labute approximate surface area is 129 Å². The Kier molecular flexibility index (Phi) is 5.27. The van der Waals surface area contributed by atoms with Crippen LogP contribution in [0.5, 0.6) is 0 Å². The summed E-state index contributed by atoms with van der Waals surface area (Å²) in [5.74, 6) is 1.63. The summed E-state index contributed by atoms with van der Waals surface area (Å²) in [7, 11) is 1.88. The molecule has 1 heterocycles. The minimum absolute atomic E-state index is 0.412. The van der Waals surface area contributed by atoms with Crippen molar-refractivity contribution >= 4 is 5.96 Å². The molecule has 0 aliphatic carbocycles. The van der Waals surface area contributed by atoms with Crippen molar-refractivity contribution in [2.75, 3.05) is 26.7 Å². The Morgan fingerprint density at radius 3 is 2.62 bits per heavy atom. The number of guanidine groups is 1. The summed E-state index contributed by atoms with van der Waals surface area (Å²) in [6.07, 6.45) is 2.37. The highest BCUT2D eigenvalue weighted by Crippen LogP contribution is 2.28. The summed E-state index contributed by atoms with van der Waals surface area (Å²) in [4.78, 5) is 6.82. The summed E-state index contributed by atoms with van der Waals surface area (Å²) in [6, 6.07) is 10.7. The lowest BCUT2D eigenvalue weighted by atomic mass is 9.93. The highest BCUT2D eigenvalue weighted by molar-refractivity contribution is 5.80. The molecule has 1 aliphatic rings. The maximum atomic E-state index is 4.44. The molecule has 3 nitrogen and oxygen atoms in total. The van der Waals surface area contributed by atoms with Crippen LogP contribution in [0.15, 0.2) is 35.3 Å². The van der Waals surface area contributed by atoms with Crippen LogP contribution in [0.2, 0.25) is 0 Å². The lowest BCUT2D eigenvalue weighted by molar-refractivity contribution is 0.370. The number of hydrogen-bond donors (Lipinski definition) is 1. The van der Waals surface area contributed by atoms with Crippen molar-refractivity contribution in [2.24, 2.45) is 10.4 Å². The van der Waals surface area contributed by atoms with Crippen LogP contribution in [0.3, 0.4) is 0 Å². The van der Waals surface area contributed by atoms with E-state index in [-0.39, 0.29) is 0 Å². The third kappa shape index (κ3) is 4.48. The van der Waals surface area contributed by atoms with Gasteiger partial charge >= 0.3 is 0 Å². The zero-order valence-corrected chi connectivity index (χ0v) is 13.9. The van der Waals surface area contributed by atoms with E-state index >= 15 is 0 Å². The molecule has 1 atom stereocenters. The van der Waals surface area contributed by atoms with Crippen LogP contribution >= 0.6 is 0 Å². The second-order valence-electron chi connectivity index (χ2n) is 6.91. The van der Waals surface area contributed by atoms with Crippen molar-refractivity contribution < 1.29 is 0 Å². The van der Waals surface area contributed by atoms with E-state index in [1.54, 1.807) is 0 Å². The number of nitrogens with zero attached hydrogens (tertiary/aromatic N) is 2. The minimum atomic E-state index is 0.412. The van der Waals surface area contributed by atoms with Gasteiger partial charge in [0.25, 0.3) is 0 Å². The molecule has 1 saturated heterocycles. The lowest BCUT2D eigenvalue weighted by Crippen LogP contribution is -2.41. The van der Waals surface area contributed by atoms with Crippen molar-refractivity contribution in [3.8, 4) is 0 Å². The van der Waals surface area contributed by atoms with Crippen LogP contribution in [0, 0.1) is 5.41 Å². The molecule has 1 N–H and O–H groups in total. The fraction of sp³-hybridized carbons (Fsp3) is 0.611. The molecule has 1 unspecified atom stereocenters. The van der Waals surface area contributed by atoms with Gasteiger partial charge in [-0.2, -0.15) is 0 Å². The first kappa shape index (κ1) is 15.9. The van der Waals surface area contributed by atoms with Crippen LogP contribution < -0.4 is 5.32 Å². The number of nitrogens with one attached hydrogen (secondary N) is 1. The first-order chi connectivity index (χ1) is 10.0. The van der Waals surface area contributed by atoms with Crippen LogP contribution in [-0.4, -0.2) is 37.5 Å². The number of likely N-dealkylation sites (tertiary alicyclic amines) is 1. The molecule has 1 aromatic carbocycles. The molecule has 116 valence electrons. The monoisotopic (exact) mass is 287 g/mol. The van der Waals surface area contributed by atoms with Gasteiger partial charge in [0, 0.05) is 26.7 Å². The quantitative estimate of drug-likeness (QED) is 0.678. The third-order valence-electron chi connectivity index (χ3n) is 4.42. The first-order valence-electron chi connectivity index (χ1n) is 8.02. The van der Waals surface area contributed by atoms with Crippen molar-refractivity contribution in [3.05, 3.63) is 35.9 Å². The molecule has 0 bridgehead atoms. The molecule has 2 rings (SSSR count). The second kappa shape index (κ2) is 6.97. The predicted octanol–water partition coefficient (Wildman–Crippen LogP) is 3.49. The van der Waals surface area contributed by atoms with Gasteiger partial charge < -0.3 is 10.2 Å². The minimum Gasteiger partial charge on any atom is -0.356 e. The largest absolute Gasteiger partial charge is 0.356 e. The first-order valence-corrected chi connectivity index (χ1v) is 8.02. The maximum Gasteiger partial charge on any atom is 0.193 e. The van der Waals surface area contributed by atoms with E-state index in [0.717, 1.165) is 32.0 Å². The highest BCUT2D eigenvalue weighted by Gasteiger charge is 2.30. The molecule has 0 radical (unpaired) electrons. The topological polar surface area (TPSA) is 27.6 Å². The van der Waals surface area contributed by atoms with Gasteiger partial charge in [0.15, 0.2) is 5.96 Å². The number of aliphatic imine (C=N–C) groups is 1. The van der Waals surface area contributed by atoms with Crippen molar-refractivity contribution in [1.82, 2.24) is 10.2 Å². The average molecular weight is 287 g/mol. The summed E-state index contributed by atoms with van der Waals surface area (Å²) < 4.78 is 0. The smallest absolute Gasteiger partial charge is 0.193 e. The van der Waals surface area contributed by atoms with Gasteiger partial charge in [-0.1, -0.05) is 51.1 Å². The summed E-state index contributed by atoms with van der Waals surface area (Å²) in [5.41, 5.74) is 1.83. The SMILES string of the molecule is CN=C(NCCC(C)c1ccccc1)N1CCC(C)(C)C1. The molecule has 0 saturated carbocycles. The summed E-state index contributed by atoms with van der Waals surface area (Å²) in [5, 5.41) is 3.53. The Morgan fingerprint density at radius 2 is 2.05 bits per heavy atom. The molecule has 0 amide bonds. The van der Waals surface area contributed by atoms with E-state index in [1.165, 1.54) is 12.0 Å². The summed E-state index contributed by atoms with van der Waals surface area (Å²) in [6.45, 7) is 10.1. The van der Waals surface area contributed by atoms with Gasteiger partial charge in [-0.15, -0.1) is 0 Å². The van der Waals surface area contributed by atoms with Crippen molar-refractivity contribution in [2.45, 2.75) is 39.5 Å². The lowest BCUT2D eigenvalue weighted by Gasteiger charge is -2.24. The Balaban J connectivity index is 1.79. The van der Waals surface area contributed by atoms with E-state index in [9.17, 15) is 0 Å². The molecular weight excluding hydrogens is 258 g/mol. The fourth-order valence-corrected chi connectivity index (χ4v) is 2.97. The van der Waals surface area contributed by atoms with E-state index < -0.39 is 0 Å². The fourth-order valence-electron chi connectivity index (χ4n) is 2.97. The standard InChI is InChI=1S/C18H29N3/c1-15(16-8-6-5-7-9-16)10-12-20-17(19-4)21-13-11-18(2,3)14-21/h5-9,15H,10-14H2,1-4H3,(H,19,20). The van der Waals surface area contributed by atoms with Crippen LogP contribution in [0.1, 0.15) is 45.1 Å². The Bertz CT molecular complexity index is 465. The van der Waals surface area contributed by atoms with Gasteiger partial charge in [-0.25, -0.2) is 0 Å². The van der Waals surface area contributed by atoms with E-state index in [4.69, 9.17) is 0 Å². The normalized spacial score (nSPS) is 19.6. The van der Waals surface area contributed by atoms with Gasteiger partial charge in [0.05, 0.1) is 0 Å².